The first-order chi connectivity index (χ1) is 17.0. The Kier molecular flexibility index (Phi) is 8.29. The van der Waals surface area contributed by atoms with Gasteiger partial charge in [-0.05, 0) is 64.2 Å². The Balaban J connectivity index is 1.69. The first-order valence-electron chi connectivity index (χ1n) is 11.7. The molecule has 0 heterocycles. The number of aliphatic hydroxyl groups is 1. The van der Waals surface area contributed by atoms with Crippen molar-refractivity contribution < 1.29 is 14.6 Å². The number of aliphatic hydroxyl groups excluding tert-OH is 1. The smallest absolute Gasteiger partial charge is 0.161 e. The number of halogens is 1. The minimum absolute atomic E-state index is 0.0601. The number of hydrogen-bond acceptors (Lipinski definition) is 4. The molecule has 0 aliphatic carbocycles. The lowest BCUT2D eigenvalue weighted by Crippen LogP contribution is -2.32. The molecule has 0 fully saturated rings. The lowest BCUT2D eigenvalue weighted by Gasteiger charge is -2.33. The molecule has 2 atom stereocenters. The van der Waals surface area contributed by atoms with Crippen LogP contribution in [0.25, 0.3) is 10.8 Å². The minimum atomic E-state index is -0.697. The molecule has 0 amide bonds. The van der Waals surface area contributed by atoms with E-state index in [1.165, 1.54) is 16.3 Å². The molecule has 1 N–H and O–H groups in total. The molecule has 4 aromatic rings. The fourth-order valence-corrected chi connectivity index (χ4v) is 4.74. The van der Waals surface area contributed by atoms with Crippen molar-refractivity contribution in [1.82, 2.24) is 4.90 Å². The van der Waals surface area contributed by atoms with Crippen LogP contribution < -0.4 is 9.47 Å². The molecule has 0 saturated heterocycles. The molecule has 0 aliphatic rings. The first kappa shape index (κ1) is 25.1. The Bertz CT molecular complexity index is 1280. The van der Waals surface area contributed by atoms with Crippen molar-refractivity contribution in [2.45, 2.75) is 25.6 Å². The molecule has 0 saturated carbocycles. The van der Waals surface area contributed by atoms with Crippen LogP contribution in [0.15, 0.2) is 84.9 Å². The molecule has 35 heavy (non-hydrogen) atoms. The molecule has 4 aromatic carbocycles. The first-order valence-corrected chi connectivity index (χ1v) is 12.1. The highest BCUT2D eigenvalue weighted by atomic mass is 35.5. The summed E-state index contributed by atoms with van der Waals surface area (Å²) in [5.74, 6) is 1.36. The fourth-order valence-electron chi connectivity index (χ4n) is 4.54. The van der Waals surface area contributed by atoms with Gasteiger partial charge >= 0.3 is 0 Å². The number of methoxy groups -OCH3 is 2. The molecular weight excluding hydrogens is 458 g/mol. The second kappa shape index (κ2) is 11.6. The molecule has 181 valence electrons. The quantitative estimate of drug-likeness (QED) is 0.260. The van der Waals surface area contributed by atoms with Gasteiger partial charge < -0.3 is 14.6 Å². The van der Waals surface area contributed by atoms with Crippen LogP contribution in [-0.2, 0) is 6.54 Å². The zero-order chi connectivity index (χ0) is 24.8. The van der Waals surface area contributed by atoms with Gasteiger partial charge in [-0.3, -0.25) is 4.90 Å². The summed E-state index contributed by atoms with van der Waals surface area (Å²) in [5, 5.41) is 14.2. The van der Waals surface area contributed by atoms with E-state index < -0.39 is 6.10 Å². The molecule has 1 radical (unpaired) electrons. The van der Waals surface area contributed by atoms with Crippen molar-refractivity contribution >= 4 is 22.4 Å². The molecule has 4 nitrogen and oxygen atoms in total. The summed E-state index contributed by atoms with van der Waals surface area (Å²) in [4.78, 5) is 2.27. The topological polar surface area (TPSA) is 41.9 Å². The third-order valence-corrected chi connectivity index (χ3v) is 6.53. The summed E-state index contributed by atoms with van der Waals surface area (Å²) in [5.41, 5.74) is 3.03. The Morgan fingerprint density at radius 2 is 1.60 bits per heavy atom. The van der Waals surface area contributed by atoms with Gasteiger partial charge in [0.1, 0.15) is 0 Å². The van der Waals surface area contributed by atoms with Crippen LogP contribution in [0.5, 0.6) is 11.5 Å². The number of nitrogens with zero attached hydrogens (tertiary/aromatic N) is 1. The Morgan fingerprint density at radius 3 is 2.31 bits per heavy atom. The second-order valence-electron chi connectivity index (χ2n) is 8.57. The largest absolute Gasteiger partial charge is 0.493 e. The SMILES string of the molecule is C[CH][C@H](c1ccc(OC)c(OC)c1)N(Cc1ccc2ccccc2c1)CC(O)c1cccc(Cl)c1. The van der Waals surface area contributed by atoms with E-state index in [2.05, 4.69) is 53.8 Å². The van der Waals surface area contributed by atoms with Crippen molar-refractivity contribution in [3.8, 4) is 11.5 Å². The van der Waals surface area contributed by atoms with Crippen LogP contribution in [-0.4, -0.2) is 30.8 Å². The van der Waals surface area contributed by atoms with Crippen molar-refractivity contribution in [2.75, 3.05) is 20.8 Å². The zero-order valence-corrected chi connectivity index (χ0v) is 21.1. The lowest BCUT2D eigenvalue weighted by atomic mass is 9.99. The Morgan fingerprint density at radius 1 is 0.829 bits per heavy atom. The van der Waals surface area contributed by atoms with Gasteiger partial charge in [-0.2, -0.15) is 0 Å². The molecular formula is C30H31ClNO3. The van der Waals surface area contributed by atoms with Gasteiger partial charge in [-0.25, -0.2) is 0 Å². The number of rotatable bonds is 10. The van der Waals surface area contributed by atoms with Gasteiger partial charge in [0.25, 0.3) is 0 Å². The molecule has 5 heteroatoms. The van der Waals surface area contributed by atoms with Crippen LogP contribution in [0, 0.1) is 6.42 Å². The van der Waals surface area contributed by atoms with Gasteiger partial charge in [0.05, 0.1) is 20.3 Å². The molecule has 4 rings (SSSR count). The van der Waals surface area contributed by atoms with Crippen LogP contribution in [0.2, 0.25) is 5.02 Å². The van der Waals surface area contributed by atoms with Crippen LogP contribution in [0.3, 0.4) is 0 Å². The normalized spacial score (nSPS) is 13.1. The number of fused-ring (bicyclic) bond motifs is 1. The van der Waals surface area contributed by atoms with Crippen molar-refractivity contribution in [3.63, 3.8) is 0 Å². The van der Waals surface area contributed by atoms with Gasteiger partial charge in [-0.15, -0.1) is 0 Å². The standard InChI is InChI=1S/C30H31ClNO3/c1-4-27(24-14-15-29(34-2)30(18-24)35-3)32(20-28(33)25-10-7-11-26(31)17-25)19-21-12-13-22-8-5-6-9-23(22)16-21/h4-18,27-28,33H,19-20H2,1-3H3/t27-,28?/m1/s1. The minimum Gasteiger partial charge on any atom is -0.493 e. The predicted molar refractivity (Wildman–Crippen MR) is 143 cm³/mol. The summed E-state index contributed by atoms with van der Waals surface area (Å²) in [7, 11) is 3.27. The molecule has 0 aliphatic heterocycles. The maximum absolute atomic E-state index is 11.2. The summed E-state index contributed by atoms with van der Waals surface area (Å²) in [6, 6.07) is 28.2. The van der Waals surface area contributed by atoms with Gasteiger partial charge in [0, 0.05) is 24.2 Å². The van der Waals surface area contributed by atoms with E-state index >= 15 is 0 Å². The molecule has 1 unspecified atom stereocenters. The maximum Gasteiger partial charge on any atom is 0.161 e. The zero-order valence-electron chi connectivity index (χ0n) is 20.3. The van der Waals surface area contributed by atoms with E-state index in [4.69, 9.17) is 21.1 Å². The average molecular weight is 489 g/mol. The Labute approximate surface area is 212 Å². The van der Waals surface area contributed by atoms with Gasteiger partial charge in [0.2, 0.25) is 0 Å². The van der Waals surface area contributed by atoms with Crippen LogP contribution >= 0.6 is 11.6 Å². The van der Waals surface area contributed by atoms with Gasteiger partial charge in [-0.1, -0.05) is 73.1 Å². The van der Waals surface area contributed by atoms with E-state index in [-0.39, 0.29) is 6.04 Å². The predicted octanol–water partition coefficient (Wildman–Crippen LogP) is 7.01. The monoisotopic (exact) mass is 488 g/mol. The highest BCUT2D eigenvalue weighted by molar-refractivity contribution is 6.30. The van der Waals surface area contributed by atoms with E-state index in [1.807, 2.05) is 49.4 Å². The Hall–Kier alpha value is -3.05. The third-order valence-electron chi connectivity index (χ3n) is 6.30. The lowest BCUT2D eigenvalue weighted by molar-refractivity contribution is 0.0894. The fraction of sp³-hybridized carbons (Fsp3) is 0.233. The molecule has 0 aromatic heterocycles. The summed E-state index contributed by atoms with van der Waals surface area (Å²) in [6.07, 6.45) is 1.45. The highest BCUT2D eigenvalue weighted by Gasteiger charge is 2.24. The molecule has 0 spiro atoms. The second-order valence-corrected chi connectivity index (χ2v) is 9.01. The van der Waals surface area contributed by atoms with E-state index in [0.717, 1.165) is 11.1 Å². The number of ether oxygens (including phenoxy) is 2. The molecule has 0 bridgehead atoms. The highest BCUT2D eigenvalue weighted by Crippen LogP contribution is 2.35. The third kappa shape index (κ3) is 5.96. The van der Waals surface area contributed by atoms with Gasteiger partial charge in [0.15, 0.2) is 11.5 Å². The number of benzene rings is 4. The van der Waals surface area contributed by atoms with E-state index in [0.29, 0.717) is 29.6 Å². The van der Waals surface area contributed by atoms with Crippen molar-refractivity contribution in [2.24, 2.45) is 0 Å². The van der Waals surface area contributed by atoms with E-state index in [9.17, 15) is 5.11 Å². The van der Waals surface area contributed by atoms with Crippen LogP contribution in [0.4, 0.5) is 0 Å². The van der Waals surface area contributed by atoms with Crippen molar-refractivity contribution in [1.29, 1.82) is 0 Å². The summed E-state index contributed by atoms with van der Waals surface area (Å²) < 4.78 is 11.0. The van der Waals surface area contributed by atoms with Crippen LogP contribution in [0.1, 0.15) is 35.8 Å². The summed E-state index contributed by atoms with van der Waals surface area (Å²) in [6.45, 7) is 3.13. The number of hydrogen-bond donors (Lipinski definition) is 1. The van der Waals surface area contributed by atoms with Crippen molar-refractivity contribution in [3.05, 3.63) is 113 Å². The maximum atomic E-state index is 11.2. The average Bonchev–Trinajstić information content (AvgIpc) is 2.88. The van der Waals surface area contributed by atoms with E-state index in [1.54, 1.807) is 14.2 Å². The summed E-state index contributed by atoms with van der Waals surface area (Å²) >= 11 is 6.20.